The summed E-state index contributed by atoms with van der Waals surface area (Å²) in [6.45, 7) is 4.58. The summed E-state index contributed by atoms with van der Waals surface area (Å²) in [5.74, 6) is 1.05. The molecule has 1 atom stereocenters. The number of benzene rings is 2. The fourth-order valence-corrected chi connectivity index (χ4v) is 3.77. The molecular weight excluding hydrogens is 310 g/mol. The molecule has 0 aliphatic carbocycles. The average Bonchev–Trinajstić information content (AvgIpc) is 3.24. The van der Waals surface area contributed by atoms with Crippen molar-refractivity contribution in [3.63, 3.8) is 0 Å². The molecule has 1 aromatic heterocycles. The molecule has 4 rings (SSSR count). The first-order valence-corrected chi connectivity index (χ1v) is 9.05. The van der Waals surface area contributed by atoms with E-state index in [0.717, 1.165) is 47.1 Å². The Morgan fingerprint density at radius 1 is 1.16 bits per heavy atom. The van der Waals surface area contributed by atoms with E-state index in [1.54, 1.807) is 0 Å². The molecule has 128 valence electrons. The second kappa shape index (κ2) is 6.85. The number of likely N-dealkylation sites (tertiary alicyclic amines) is 1. The molecule has 0 amide bonds. The van der Waals surface area contributed by atoms with E-state index < -0.39 is 0 Å². The number of hydrogen-bond acceptors (Lipinski definition) is 3. The summed E-state index contributed by atoms with van der Waals surface area (Å²) in [7, 11) is 0. The van der Waals surface area contributed by atoms with Gasteiger partial charge in [0.05, 0.1) is 0 Å². The van der Waals surface area contributed by atoms with Gasteiger partial charge in [-0.3, -0.25) is 4.79 Å². The van der Waals surface area contributed by atoms with Gasteiger partial charge in [0.15, 0.2) is 0 Å². The van der Waals surface area contributed by atoms with Gasteiger partial charge in [-0.15, -0.1) is 0 Å². The SMILES string of the molecule is C[C@@H]1CCCN1CCc1cc2cc(-c3cccc(C=O)c3)ccc2o1. The predicted molar refractivity (Wildman–Crippen MR) is 101 cm³/mol. The number of nitrogens with zero attached hydrogens (tertiary/aromatic N) is 1. The first-order chi connectivity index (χ1) is 12.2. The van der Waals surface area contributed by atoms with Crippen molar-refractivity contribution in [2.45, 2.75) is 32.2 Å². The van der Waals surface area contributed by atoms with E-state index in [-0.39, 0.29) is 0 Å². The second-order valence-electron chi connectivity index (χ2n) is 6.99. The van der Waals surface area contributed by atoms with Crippen LogP contribution in [0.5, 0.6) is 0 Å². The molecule has 0 radical (unpaired) electrons. The van der Waals surface area contributed by atoms with Crippen LogP contribution >= 0.6 is 0 Å². The van der Waals surface area contributed by atoms with E-state index >= 15 is 0 Å². The third kappa shape index (κ3) is 3.38. The zero-order valence-electron chi connectivity index (χ0n) is 14.6. The molecule has 2 aromatic carbocycles. The molecule has 1 aliphatic rings. The van der Waals surface area contributed by atoms with Crippen molar-refractivity contribution in [3.05, 3.63) is 59.9 Å². The third-order valence-electron chi connectivity index (χ3n) is 5.26. The number of furan rings is 1. The van der Waals surface area contributed by atoms with E-state index in [1.165, 1.54) is 19.4 Å². The Labute approximate surface area is 148 Å². The average molecular weight is 333 g/mol. The molecule has 0 spiro atoms. The lowest BCUT2D eigenvalue weighted by atomic mass is 10.0. The van der Waals surface area contributed by atoms with Crippen LogP contribution in [0.25, 0.3) is 22.1 Å². The Morgan fingerprint density at radius 3 is 2.84 bits per heavy atom. The van der Waals surface area contributed by atoms with Gasteiger partial charge in [0.25, 0.3) is 0 Å². The maximum absolute atomic E-state index is 11.0. The van der Waals surface area contributed by atoms with Crippen LogP contribution in [-0.2, 0) is 6.42 Å². The Bertz CT molecular complexity index is 896. The summed E-state index contributed by atoms with van der Waals surface area (Å²) in [6.07, 6.45) is 4.46. The van der Waals surface area contributed by atoms with Crippen LogP contribution < -0.4 is 0 Å². The highest BCUT2D eigenvalue weighted by molar-refractivity contribution is 5.85. The van der Waals surface area contributed by atoms with Crippen molar-refractivity contribution in [1.29, 1.82) is 0 Å². The third-order valence-corrected chi connectivity index (χ3v) is 5.26. The smallest absolute Gasteiger partial charge is 0.150 e. The van der Waals surface area contributed by atoms with Crippen molar-refractivity contribution >= 4 is 17.3 Å². The summed E-state index contributed by atoms with van der Waals surface area (Å²) in [4.78, 5) is 13.5. The number of aldehydes is 1. The zero-order valence-corrected chi connectivity index (χ0v) is 14.6. The van der Waals surface area contributed by atoms with Gasteiger partial charge in [0.1, 0.15) is 17.6 Å². The molecule has 3 nitrogen and oxygen atoms in total. The molecular formula is C22H23NO2. The molecule has 25 heavy (non-hydrogen) atoms. The summed E-state index contributed by atoms with van der Waals surface area (Å²) in [5, 5.41) is 1.12. The van der Waals surface area contributed by atoms with Gasteiger partial charge in [-0.05, 0) is 61.7 Å². The van der Waals surface area contributed by atoms with E-state index in [2.05, 4.69) is 30.0 Å². The summed E-state index contributed by atoms with van der Waals surface area (Å²) in [5.41, 5.74) is 3.79. The number of carbonyl (C=O) groups excluding carboxylic acids is 1. The number of rotatable bonds is 5. The molecule has 0 N–H and O–H groups in total. The number of hydrogen-bond donors (Lipinski definition) is 0. The van der Waals surface area contributed by atoms with Gasteiger partial charge < -0.3 is 9.32 Å². The van der Waals surface area contributed by atoms with Crippen molar-refractivity contribution in [2.24, 2.45) is 0 Å². The summed E-state index contributed by atoms with van der Waals surface area (Å²) < 4.78 is 6.02. The van der Waals surface area contributed by atoms with E-state index in [9.17, 15) is 4.79 Å². The van der Waals surface area contributed by atoms with Crippen molar-refractivity contribution in [1.82, 2.24) is 4.90 Å². The molecule has 1 aliphatic heterocycles. The van der Waals surface area contributed by atoms with Gasteiger partial charge in [0.2, 0.25) is 0 Å². The first-order valence-electron chi connectivity index (χ1n) is 9.05. The highest BCUT2D eigenvalue weighted by Gasteiger charge is 2.20. The molecule has 0 bridgehead atoms. The molecule has 0 saturated carbocycles. The largest absolute Gasteiger partial charge is 0.461 e. The lowest BCUT2D eigenvalue weighted by molar-refractivity contribution is 0.112. The topological polar surface area (TPSA) is 33.5 Å². The van der Waals surface area contributed by atoms with Crippen molar-refractivity contribution in [3.8, 4) is 11.1 Å². The van der Waals surface area contributed by atoms with E-state index in [1.807, 2.05) is 30.3 Å². The van der Waals surface area contributed by atoms with Crippen LogP contribution in [0.2, 0.25) is 0 Å². The minimum atomic E-state index is 0.695. The summed E-state index contributed by atoms with van der Waals surface area (Å²) >= 11 is 0. The predicted octanol–water partition coefficient (Wildman–Crippen LogP) is 4.94. The first kappa shape index (κ1) is 16.1. The normalized spacial score (nSPS) is 18.0. The van der Waals surface area contributed by atoms with Crippen LogP contribution in [0.1, 0.15) is 35.9 Å². The lowest BCUT2D eigenvalue weighted by Gasteiger charge is -2.19. The number of carbonyl (C=O) groups is 1. The maximum atomic E-state index is 11.0. The minimum Gasteiger partial charge on any atom is -0.461 e. The second-order valence-corrected chi connectivity index (χ2v) is 6.99. The standard InChI is InChI=1S/C22H23NO2/c1-16-4-3-10-23(16)11-9-21-14-20-13-19(7-8-22(20)25-21)18-6-2-5-17(12-18)15-24/h2,5-8,12-16H,3-4,9-11H2,1H3/t16-/m1/s1. The van der Waals surface area contributed by atoms with E-state index in [4.69, 9.17) is 4.42 Å². The van der Waals surface area contributed by atoms with Gasteiger partial charge in [-0.2, -0.15) is 0 Å². The van der Waals surface area contributed by atoms with Crippen LogP contribution in [0.4, 0.5) is 0 Å². The summed E-state index contributed by atoms with van der Waals surface area (Å²) in [6, 6.07) is 16.8. The molecule has 0 unspecified atom stereocenters. The highest BCUT2D eigenvalue weighted by Crippen LogP contribution is 2.28. The zero-order chi connectivity index (χ0) is 17.2. The van der Waals surface area contributed by atoms with Crippen LogP contribution in [0, 0.1) is 0 Å². The fraction of sp³-hybridized carbons (Fsp3) is 0.318. The Balaban J connectivity index is 1.55. The minimum absolute atomic E-state index is 0.695. The lowest BCUT2D eigenvalue weighted by Crippen LogP contribution is -2.28. The fourth-order valence-electron chi connectivity index (χ4n) is 3.77. The van der Waals surface area contributed by atoms with Gasteiger partial charge in [-0.1, -0.05) is 24.3 Å². The monoisotopic (exact) mass is 333 g/mol. The van der Waals surface area contributed by atoms with Crippen molar-refractivity contribution < 1.29 is 9.21 Å². The maximum Gasteiger partial charge on any atom is 0.150 e. The van der Waals surface area contributed by atoms with Crippen LogP contribution in [0.3, 0.4) is 0 Å². The molecule has 1 fully saturated rings. The quantitative estimate of drug-likeness (QED) is 0.620. The molecule has 2 heterocycles. The van der Waals surface area contributed by atoms with Crippen LogP contribution in [0.15, 0.2) is 52.9 Å². The van der Waals surface area contributed by atoms with Gasteiger partial charge >= 0.3 is 0 Å². The Morgan fingerprint density at radius 2 is 2.04 bits per heavy atom. The van der Waals surface area contributed by atoms with Gasteiger partial charge in [0, 0.05) is 30.0 Å². The van der Waals surface area contributed by atoms with Gasteiger partial charge in [-0.25, -0.2) is 0 Å². The highest BCUT2D eigenvalue weighted by atomic mass is 16.3. The molecule has 3 heteroatoms. The van der Waals surface area contributed by atoms with Crippen LogP contribution in [-0.4, -0.2) is 30.3 Å². The molecule has 1 saturated heterocycles. The van der Waals surface area contributed by atoms with Crippen molar-refractivity contribution in [2.75, 3.05) is 13.1 Å². The van der Waals surface area contributed by atoms with E-state index in [0.29, 0.717) is 11.6 Å². The molecule has 3 aromatic rings. The Kier molecular flexibility index (Phi) is 4.41. The number of fused-ring (bicyclic) bond motifs is 1. The Hall–Kier alpha value is -2.39.